The molecule has 7 heteroatoms. The maximum absolute atomic E-state index is 12.8. The average molecular weight is 401 g/mol. The molecular weight excluding hydrogens is 382 g/mol. The van der Waals surface area contributed by atoms with Crippen LogP contribution in [0, 0.1) is 11.3 Å². The number of nitrogens with one attached hydrogen (secondary N) is 2. The van der Waals surface area contributed by atoms with Gasteiger partial charge < -0.3 is 15.4 Å². The fraction of sp³-hybridized carbons (Fsp3) is 0.130. The molecule has 0 bridgehead atoms. The number of hydrogen-bond donors (Lipinski definition) is 2. The predicted molar refractivity (Wildman–Crippen MR) is 113 cm³/mol. The molecule has 3 aromatic carbocycles. The first-order valence-electron chi connectivity index (χ1n) is 9.20. The third-order valence-electron chi connectivity index (χ3n) is 4.37. The molecule has 3 aromatic rings. The van der Waals surface area contributed by atoms with Crippen molar-refractivity contribution in [1.82, 2.24) is 0 Å². The summed E-state index contributed by atoms with van der Waals surface area (Å²) in [5.41, 5.74) is 1.07. The number of esters is 1. The van der Waals surface area contributed by atoms with Crippen LogP contribution in [0.3, 0.4) is 0 Å². The average Bonchev–Trinajstić information content (AvgIpc) is 2.73. The summed E-state index contributed by atoms with van der Waals surface area (Å²) in [4.78, 5) is 36.8. The van der Waals surface area contributed by atoms with Gasteiger partial charge in [0, 0.05) is 6.92 Å². The predicted octanol–water partition coefficient (Wildman–Crippen LogP) is 3.85. The molecule has 7 nitrogen and oxygen atoms in total. The van der Waals surface area contributed by atoms with Crippen LogP contribution in [-0.4, -0.2) is 23.9 Å². The van der Waals surface area contributed by atoms with Gasteiger partial charge in [-0.1, -0.05) is 36.4 Å². The van der Waals surface area contributed by atoms with E-state index < -0.39 is 18.0 Å². The molecule has 0 aliphatic rings. The fourth-order valence-corrected chi connectivity index (χ4v) is 2.90. The Morgan fingerprint density at radius 1 is 0.933 bits per heavy atom. The smallest absolute Gasteiger partial charge is 0.341 e. The van der Waals surface area contributed by atoms with Crippen molar-refractivity contribution >= 4 is 39.9 Å². The number of nitrogens with zero attached hydrogens (tertiary/aromatic N) is 1. The highest BCUT2D eigenvalue weighted by Gasteiger charge is 2.22. The highest BCUT2D eigenvalue weighted by Crippen LogP contribution is 2.25. The molecule has 0 saturated heterocycles. The van der Waals surface area contributed by atoms with Crippen molar-refractivity contribution < 1.29 is 19.1 Å². The number of amides is 2. The second kappa shape index (κ2) is 8.88. The number of hydrogen-bond acceptors (Lipinski definition) is 5. The van der Waals surface area contributed by atoms with Gasteiger partial charge in [0.05, 0.1) is 22.5 Å². The monoisotopic (exact) mass is 401 g/mol. The summed E-state index contributed by atoms with van der Waals surface area (Å²) in [6.45, 7) is 2.77. The van der Waals surface area contributed by atoms with Crippen molar-refractivity contribution in [2.24, 2.45) is 0 Å². The zero-order chi connectivity index (χ0) is 21.7. The molecule has 1 atom stereocenters. The van der Waals surface area contributed by atoms with Gasteiger partial charge in [0.1, 0.15) is 6.07 Å². The van der Waals surface area contributed by atoms with Crippen LogP contribution in [-0.2, 0) is 14.3 Å². The van der Waals surface area contributed by atoms with E-state index in [1.54, 1.807) is 36.4 Å². The molecule has 2 amide bonds. The number of fused-ring (bicyclic) bond motifs is 1. The molecule has 0 aliphatic carbocycles. The molecule has 0 aromatic heterocycles. The van der Waals surface area contributed by atoms with Gasteiger partial charge in [-0.3, -0.25) is 9.59 Å². The Morgan fingerprint density at radius 2 is 1.57 bits per heavy atom. The van der Waals surface area contributed by atoms with Crippen molar-refractivity contribution in [1.29, 1.82) is 5.26 Å². The van der Waals surface area contributed by atoms with Crippen LogP contribution in [0.1, 0.15) is 29.8 Å². The first kappa shape index (κ1) is 20.6. The Labute approximate surface area is 173 Å². The number of benzene rings is 3. The molecule has 0 fully saturated rings. The Kier molecular flexibility index (Phi) is 6.08. The van der Waals surface area contributed by atoms with Crippen molar-refractivity contribution in [2.45, 2.75) is 20.0 Å². The Balaban J connectivity index is 1.82. The second-order valence-electron chi connectivity index (χ2n) is 6.62. The van der Waals surface area contributed by atoms with Crippen molar-refractivity contribution in [3.63, 3.8) is 0 Å². The molecule has 2 N–H and O–H groups in total. The van der Waals surface area contributed by atoms with Gasteiger partial charge in [0.25, 0.3) is 5.91 Å². The fourth-order valence-electron chi connectivity index (χ4n) is 2.90. The van der Waals surface area contributed by atoms with Crippen LogP contribution in [0.5, 0.6) is 0 Å². The minimum atomic E-state index is -1.12. The normalized spacial score (nSPS) is 11.2. The van der Waals surface area contributed by atoms with Crippen molar-refractivity contribution in [3.05, 3.63) is 71.8 Å². The number of nitriles is 1. The summed E-state index contributed by atoms with van der Waals surface area (Å²) in [7, 11) is 0. The van der Waals surface area contributed by atoms with Gasteiger partial charge in [-0.2, -0.15) is 5.26 Å². The molecule has 0 heterocycles. The summed E-state index contributed by atoms with van der Waals surface area (Å²) < 4.78 is 5.33. The molecule has 3 rings (SSSR count). The summed E-state index contributed by atoms with van der Waals surface area (Å²) >= 11 is 0. The molecule has 0 spiro atoms. The van der Waals surface area contributed by atoms with E-state index in [9.17, 15) is 14.4 Å². The van der Waals surface area contributed by atoms with E-state index in [0.29, 0.717) is 16.9 Å². The summed E-state index contributed by atoms with van der Waals surface area (Å²) in [5.74, 6) is -1.66. The van der Waals surface area contributed by atoms with E-state index >= 15 is 0 Å². The summed E-state index contributed by atoms with van der Waals surface area (Å²) in [5, 5.41) is 16.0. The lowest BCUT2D eigenvalue weighted by Gasteiger charge is -2.16. The van der Waals surface area contributed by atoms with E-state index in [-0.39, 0.29) is 11.5 Å². The van der Waals surface area contributed by atoms with Crippen LogP contribution in [0.4, 0.5) is 11.4 Å². The van der Waals surface area contributed by atoms with Gasteiger partial charge in [-0.25, -0.2) is 4.79 Å². The lowest BCUT2D eigenvalue weighted by atomic mass is 10.0. The van der Waals surface area contributed by atoms with E-state index in [1.165, 1.54) is 13.8 Å². The third kappa shape index (κ3) is 4.62. The maximum Gasteiger partial charge on any atom is 0.341 e. The SMILES string of the molecule is CC(=O)Nc1cc2ccccc2cc1C(=O)OC(C)C(=O)Nc1ccccc1C#N. The standard InChI is InChI=1S/C23H19N3O4/c1-14(22(28)26-20-10-6-5-9-18(20)13-24)30-23(29)19-11-16-7-3-4-8-17(16)12-21(19)25-15(2)27/h3-12,14H,1-2H3,(H,25,27)(H,26,28). The highest BCUT2D eigenvalue weighted by molar-refractivity contribution is 6.06. The minimum absolute atomic E-state index is 0.140. The zero-order valence-electron chi connectivity index (χ0n) is 16.4. The van der Waals surface area contributed by atoms with E-state index in [2.05, 4.69) is 10.6 Å². The Morgan fingerprint density at radius 3 is 2.23 bits per heavy atom. The van der Waals surface area contributed by atoms with Crippen LogP contribution < -0.4 is 10.6 Å². The first-order chi connectivity index (χ1) is 14.4. The van der Waals surface area contributed by atoms with Crippen LogP contribution in [0.25, 0.3) is 10.8 Å². The molecule has 0 radical (unpaired) electrons. The minimum Gasteiger partial charge on any atom is -0.449 e. The zero-order valence-corrected chi connectivity index (χ0v) is 16.4. The molecule has 0 aliphatic heterocycles. The van der Waals surface area contributed by atoms with Gasteiger partial charge in [-0.15, -0.1) is 0 Å². The van der Waals surface area contributed by atoms with Gasteiger partial charge in [0.2, 0.25) is 5.91 Å². The molecular formula is C23H19N3O4. The van der Waals surface area contributed by atoms with Gasteiger partial charge in [0.15, 0.2) is 6.10 Å². The highest BCUT2D eigenvalue weighted by atomic mass is 16.5. The number of rotatable bonds is 5. The summed E-state index contributed by atoms with van der Waals surface area (Å²) in [6, 6.07) is 19.2. The number of carbonyl (C=O) groups excluding carboxylic acids is 3. The second-order valence-corrected chi connectivity index (χ2v) is 6.62. The molecule has 30 heavy (non-hydrogen) atoms. The van der Waals surface area contributed by atoms with Gasteiger partial charge in [-0.05, 0) is 42.0 Å². The third-order valence-corrected chi connectivity index (χ3v) is 4.37. The summed E-state index contributed by atoms with van der Waals surface area (Å²) in [6.07, 6.45) is -1.12. The number of para-hydroxylation sites is 1. The Bertz CT molecular complexity index is 1180. The van der Waals surface area contributed by atoms with Gasteiger partial charge >= 0.3 is 5.97 Å². The van der Waals surface area contributed by atoms with Crippen molar-refractivity contribution in [3.8, 4) is 6.07 Å². The van der Waals surface area contributed by atoms with Crippen molar-refractivity contribution in [2.75, 3.05) is 10.6 Å². The Hall–Kier alpha value is -4.18. The van der Waals surface area contributed by atoms with E-state index in [4.69, 9.17) is 10.00 Å². The lowest BCUT2D eigenvalue weighted by molar-refractivity contribution is -0.123. The molecule has 1 unspecified atom stereocenters. The maximum atomic E-state index is 12.8. The number of anilines is 2. The largest absolute Gasteiger partial charge is 0.449 e. The first-order valence-corrected chi connectivity index (χ1v) is 9.20. The van der Waals surface area contributed by atoms with Crippen LogP contribution >= 0.6 is 0 Å². The quantitative estimate of drug-likeness (QED) is 0.631. The molecule has 0 saturated carbocycles. The van der Waals surface area contributed by atoms with Crippen LogP contribution in [0.2, 0.25) is 0 Å². The van der Waals surface area contributed by atoms with Crippen LogP contribution in [0.15, 0.2) is 60.7 Å². The van der Waals surface area contributed by atoms with E-state index in [0.717, 1.165) is 10.8 Å². The van der Waals surface area contributed by atoms with E-state index in [1.807, 2.05) is 30.3 Å². The topological polar surface area (TPSA) is 108 Å². The number of ether oxygens (including phenoxy) is 1. The lowest BCUT2D eigenvalue weighted by Crippen LogP contribution is -2.30. The number of carbonyl (C=O) groups is 3. The molecule has 150 valence electrons.